The lowest BCUT2D eigenvalue weighted by Crippen LogP contribution is -2.49. The van der Waals surface area contributed by atoms with Crippen molar-refractivity contribution in [1.29, 1.82) is 0 Å². The van der Waals surface area contributed by atoms with Gasteiger partial charge in [-0.25, -0.2) is 17.2 Å². The smallest absolute Gasteiger partial charge is 0.244 e. The molecule has 3 aromatic carbocycles. The number of sulfonamides is 1. The van der Waals surface area contributed by atoms with Crippen LogP contribution >= 0.6 is 23.2 Å². The summed E-state index contributed by atoms with van der Waals surface area (Å²) in [5, 5.41) is 0.472. The Kier molecular flexibility index (Phi) is 8.42. The Morgan fingerprint density at radius 1 is 0.829 bits per heavy atom. The van der Waals surface area contributed by atoms with Gasteiger partial charge in [-0.2, -0.15) is 4.31 Å². The Hall–Kier alpha value is -2.07. The van der Waals surface area contributed by atoms with Gasteiger partial charge in [0.05, 0.1) is 11.6 Å². The maximum atomic E-state index is 13.4. The van der Waals surface area contributed by atoms with Gasteiger partial charge in [-0.15, -0.1) is 0 Å². The van der Waals surface area contributed by atoms with Crippen molar-refractivity contribution in [3.63, 3.8) is 0 Å². The topological polar surface area (TPSA) is 49.9 Å². The summed E-state index contributed by atoms with van der Waals surface area (Å²) in [4.78, 5) is 2.16. The van der Waals surface area contributed by atoms with E-state index in [1.807, 2.05) is 0 Å². The van der Waals surface area contributed by atoms with Crippen molar-refractivity contribution in [1.82, 2.24) is 9.21 Å². The van der Waals surface area contributed by atoms with E-state index < -0.39 is 16.1 Å². The van der Waals surface area contributed by atoms with E-state index in [2.05, 4.69) is 4.90 Å². The second-order valence-electron chi connectivity index (χ2n) is 8.17. The zero-order valence-electron chi connectivity index (χ0n) is 18.7. The first-order chi connectivity index (χ1) is 16.7. The van der Waals surface area contributed by atoms with E-state index in [-0.39, 0.29) is 21.6 Å². The number of piperazine rings is 1. The van der Waals surface area contributed by atoms with Crippen molar-refractivity contribution in [2.45, 2.75) is 11.0 Å². The molecule has 1 aliphatic rings. The van der Waals surface area contributed by atoms with Crippen LogP contribution in [-0.2, 0) is 14.8 Å². The fourth-order valence-corrected chi connectivity index (χ4v) is 6.15. The van der Waals surface area contributed by atoms with Crippen LogP contribution in [0.25, 0.3) is 0 Å². The molecule has 0 amide bonds. The van der Waals surface area contributed by atoms with Gasteiger partial charge < -0.3 is 4.74 Å². The molecule has 0 saturated carbocycles. The average molecular weight is 541 g/mol. The van der Waals surface area contributed by atoms with Gasteiger partial charge in [0.1, 0.15) is 22.6 Å². The highest BCUT2D eigenvalue weighted by molar-refractivity contribution is 7.89. The predicted octanol–water partition coefficient (Wildman–Crippen LogP) is 5.38. The molecule has 1 fully saturated rings. The molecule has 186 valence electrons. The van der Waals surface area contributed by atoms with Crippen LogP contribution < -0.4 is 0 Å². The molecule has 35 heavy (non-hydrogen) atoms. The molecule has 1 saturated heterocycles. The largest absolute Gasteiger partial charge is 0.367 e. The van der Waals surface area contributed by atoms with Gasteiger partial charge in [-0.3, -0.25) is 4.90 Å². The number of hydrogen-bond donors (Lipinski definition) is 0. The molecule has 0 N–H and O–H groups in total. The number of benzene rings is 3. The zero-order chi connectivity index (χ0) is 25.0. The van der Waals surface area contributed by atoms with Crippen LogP contribution in [0.1, 0.15) is 17.2 Å². The van der Waals surface area contributed by atoms with Crippen molar-refractivity contribution in [3.05, 3.63) is 99.5 Å². The fraction of sp³-hybridized carbons (Fsp3) is 0.280. The minimum Gasteiger partial charge on any atom is -0.367 e. The summed E-state index contributed by atoms with van der Waals surface area (Å²) in [6.45, 7) is 2.64. The number of hydrogen-bond acceptors (Lipinski definition) is 4. The predicted molar refractivity (Wildman–Crippen MR) is 132 cm³/mol. The minimum atomic E-state index is -3.72. The molecule has 1 heterocycles. The molecule has 10 heteroatoms. The van der Waals surface area contributed by atoms with Gasteiger partial charge in [0.15, 0.2) is 0 Å². The summed E-state index contributed by atoms with van der Waals surface area (Å²) in [7, 11) is -3.72. The SMILES string of the molecule is O=S(=O)(c1ccc(Cl)cc1Cl)N1CCN(CCOC(c2ccc(F)cc2)c2ccc(F)cc2)CC1. The van der Waals surface area contributed by atoms with E-state index in [1.165, 1.54) is 46.8 Å². The maximum Gasteiger partial charge on any atom is 0.244 e. The number of ether oxygens (including phenoxy) is 1. The molecular weight excluding hydrogens is 517 g/mol. The fourth-order valence-electron chi connectivity index (χ4n) is 3.98. The van der Waals surface area contributed by atoms with Crippen LogP contribution in [0.15, 0.2) is 71.6 Å². The van der Waals surface area contributed by atoms with Crippen LogP contribution in [0.5, 0.6) is 0 Å². The summed E-state index contributed by atoms with van der Waals surface area (Å²) in [6, 6.07) is 16.4. The molecule has 1 aliphatic heterocycles. The summed E-state index contributed by atoms with van der Waals surface area (Å²) in [5.41, 5.74) is 1.52. The number of halogens is 4. The summed E-state index contributed by atoms with van der Waals surface area (Å²) in [6.07, 6.45) is -0.482. The molecule has 0 unspecified atom stereocenters. The lowest BCUT2D eigenvalue weighted by molar-refractivity contribution is 0.0526. The molecule has 0 atom stereocenters. The minimum absolute atomic E-state index is 0.0433. The van der Waals surface area contributed by atoms with Crippen LogP contribution in [0, 0.1) is 11.6 Å². The van der Waals surface area contributed by atoms with Crippen LogP contribution in [0.2, 0.25) is 10.0 Å². The molecule has 0 bridgehead atoms. The Morgan fingerprint density at radius 2 is 1.37 bits per heavy atom. The average Bonchev–Trinajstić information content (AvgIpc) is 2.83. The monoisotopic (exact) mass is 540 g/mol. The quantitative estimate of drug-likeness (QED) is 0.384. The maximum absolute atomic E-state index is 13.4. The summed E-state index contributed by atoms with van der Waals surface area (Å²) in [5.74, 6) is -0.696. The van der Waals surface area contributed by atoms with Gasteiger partial charge in [0.25, 0.3) is 0 Å². The van der Waals surface area contributed by atoms with E-state index in [9.17, 15) is 17.2 Å². The molecule has 5 nitrogen and oxygen atoms in total. The first-order valence-corrected chi connectivity index (χ1v) is 13.2. The standard InChI is InChI=1S/C25H24Cl2F2N2O3S/c26-20-5-10-24(23(27)17-20)35(32,33)31-13-11-30(12-14-31)15-16-34-25(18-1-6-21(28)7-2-18)19-3-8-22(29)9-4-19/h1-10,17,25H,11-16H2. The van der Waals surface area contributed by atoms with E-state index in [1.54, 1.807) is 24.3 Å². The van der Waals surface area contributed by atoms with Gasteiger partial charge in [0.2, 0.25) is 10.0 Å². The zero-order valence-corrected chi connectivity index (χ0v) is 21.0. The Bertz CT molecular complexity index is 1210. The Balaban J connectivity index is 1.35. The summed E-state index contributed by atoms with van der Waals surface area (Å²) < 4.78 is 60.4. The van der Waals surface area contributed by atoms with Crippen LogP contribution in [-0.4, -0.2) is 57.0 Å². The molecule has 0 aromatic heterocycles. The van der Waals surface area contributed by atoms with E-state index in [0.717, 1.165) is 11.1 Å². The molecule has 0 spiro atoms. The first-order valence-electron chi connectivity index (χ1n) is 11.0. The van der Waals surface area contributed by atoms with Crippen molar-refractivity contribution in [2.24, 2.45) is 0 Å². The normalized spacial score (nSPS) is 15.6. The van der Waals surface area contributed by atoms with Gasteiger partial charge >= 0.3 is 0 Å². The van der Waals surface area contributed by atoms with Crippen LogP contribution in [0.4, 0.5) is 8.78 Å². The van der Waals surface area contributed by atoms with E-state index in [4.69, 9.17) is 27.9 Å². The third-order valence-corrected chi connectivity index (χ3v) is 8.50. The second-order valence-corrected chi connectivity index (χ2v) is 10.9. The van der Waals surface area contributed by atoms with E-state index >= 15 is 0 Å². The van der Waals surface area contributed by atoms with E-state index in [0.29, 0.717) is 44.4 Å². The Morgan fingerprint density at radius 3 is 1.89 bits per heavy atom. The van der Waals surface area contributed by atoms with Gasteiger partial charge in [0, 0.05) is 37.7 Å². The summed E-state index contributed by atoms with van der Waals surface area (Å²) >= 11 is 12.0. The van der Waals surface area contributed by atoms with Crippen molar-refractivity contribution in [2.75, 3.05) is 39.3 Å². The first kappa shape index (κ1) is 26.0. The molecule has 0 aliphatic carbocycles. The molecular formula is C25H24Cl2F2N2O3S. The van der Waals surface area contributed by atoms with Crippen molar-refractivity contribution >= 4 is 33.2 Å². The highest BCUT2D eigenvalue weighted by atomic mass is 35.5. The second kappa shape index (κ2) is 11.3. The lowest BCUT2D eigenvalue weighted by atomic mass is 10.0. The highest BCUT2D eigenvalue weighted by Gasteiger charge is 2.30. The van der Waals surface area contributed by atoms with Crippen molar-refractivity contribution < 1.29 is 21.9 Å². The third kappa shape index (κ3) is 6.39. The Labute approximate surface area is 213 Å². The lowest BCUT2D eigenvalue weighted by Gasteiger charge is -2.34. The highest BCUT2D eigenvalue weighted by Crippen LogP contribution is 2.29. The third-order valence-electron chi connectivity index (χ3n) is 5.88. The van der Waals surface area contributed by atoms with Gasteiger partial charge in [-0.05, 0) is 53.6 Å². The number of rotatable bonds is 8. The number of nitrogens with zero attached hydrogens (tertiary/aromatic N) is 2. The molecule has 0 radical (unpaired) electrons. The molecule has 3 aromatic rings. The molecule has 4 rings (SSSR count). The van der Waals surface area contributed by atoms with Crippen molar-refractivity contribution in [3.8, 4) is 0 Å². The van der Waals surface area contributed by atoms with Gasteiger partial charge in [-0.1, -0.05) is 47.5 Å². The van der Waals surface area contributed by atoms with Crippen LogP contribution in [0.3, 0.4) is 0 Å².